The van der Waals surface area contributed by atoms with Crippen molar-refractivity contribution in [2.24, 2.45) is 0 Å². The average molecular weight is 340 g/mol. The van der Waals surface area contributed by atoms with Gasteiger partial charge in [-0.05, 0) is 31.2 Å². The van der Waals surface area contributed by atoms with Crippen molar-refractivity contribution in [3.63, 3.8) is 0 Å². The zero-order valence-electron chi connectivity index (χ0n) is 14.8. The number of aromatic nitrogens is 3. The van der Waals surface area contributed by atoms with Gasteiger partial charge in [-0.15, -0.1) is 0 Å². The number of piperazine rings is 1. The first kappa shape index (κ1) is 17.3. The van der Waals surface area contributed by atoms with Gasteiger partial charge < -0.3 is 14.7 Å². The number of anilines is 1. The molecule has 7 heteroatoms. The number of pyridine rings is 1. The van der Waals surface area contributed by atoms with Crippen LogP contribution in [0.5, 0.6) is 0 Å². The van der Waals surface area contributed by atoms with Crippen LogP contribution >= 0.6 is 0 Å². The van der Waals surface area contributed by atoms with Crippen molar-refractivity contribution in [3.05, 3.63) is 48.2 Å². The number of likely N-dealkylation sites (N-methyl/N-ethyl adjacent to an activating group) is 2. The lowest BCUT2D eigenvalue weighted by Crippen LogP contribution is -2.47. The van der Waals surface area contributed by atoms with E-state index in [0.717, 1.165) is 45.0 Å². The van der Waals surface area contributed by atoms with Crippen LogP contribution < -0.4 is 4.90 Å². The smallest absolute Gasteiger partial charge is 0.274 e. The summed E-state index contributed by atoms with van der Waals surface area (Å²) in [7, 11) is 4.05. The summed E-state index contributed by atoms with van der Waals surface area (Å²) in [4.78, 5) is 31.4. The highest BCUT2D eigenvalue weighted by Gasteiger charge is 2.21. The zero-order valence-corrected chi connectivity index (χ0v) is 14.8. The van der Waals surface area contributed by atoms with Gasteiger partial charge in [0.25, 0.3) is 5.91 Å². The van der Waals surface area contributed by atoms with E-state index in [-0.39, 0.29) is 5.91 Å². The van der Waals surface area contributed by atoms with Gasteiger partial charge in [-0.1, -0.05) is 0 Å². The maximum Gasteiger partial charge on any atom is 0.274 e. The Hall–Kier alpha value is -2.54. The third-order valence-electron chi connectivity index (χ3n) is 4.52. The minimum atomic E-state index is -0.0356. The number of rotatable bonds is 5. The second-order valence-electron chi connectivity index (χ2n) is 6.38. The van der Waals surface area contributed by atoms with Crippen molar-refractivity contribution in [1.29, 1.82) is 0 Å². The van der Waals surface area contributed by atoms with Crippen molar-refractivity contribution < 1.29 is 4.79 Å². The molecule has 0 radical (unpaired) electrons. The lowest BCUT2D eigenvalue weighted by atomic mass is 10.2. The SMILES string of the molecule is CN1CCN(C(=O)c2cnc(N(C)CCc3ccncc3)cn2)CC1. The van der Waals surface area contributed by atoms with Crippen molar-refractivity contribution in [1.82, 2.24) is 24.8 Å². The number of carbonyl (C=O) groups is 1. The lowest BCUT2D eigenvalue weighted by molar-refractivity contribution is 0.0658. The number of nitrogens with zero attached hydrogens (tertiary/aromatic N) is 6. The Kier molecular flexibility index (Phi) is 5.55. The summed E-state index contributed by atoms with van der Waals surface area (Å²) >= 11 is 0. The van der Waals surface area contributed by atoms with Crippen molar-refractivity contribution in [2.75, 3.05) is 51.7 Å². The molecule has 3 rings (SSSR count). The molecule has 0 aliphatic carbocycles. The van der Waals surface area contributed by atoms with Gasteiger partial charge in [-0.25, -0.2) is 9.97 Å². The highest BCUT2D eigenvalue weighted by molar-refractivity contribution is 5.92. The van der Waals surface area contributed by atoms with Crippen LogP contribution in [0.15, 0.2) is 36.9 Å². The van der Waals surface area contributed by atoms with Crippen molar-refractivity contribution in [3.8, 4) is 0 Å². The number of amides is 1. The van der Waals surface area contributed by atoms with Gasteiger partial charge in [-0.3, -0.25) is 9.78 Å². The predicted molar refractivity (Wildman–Crippen MR) is 96.6 cm³/mol. The first-order chi connectivity index (χ1) is 12.1. The van der Waals surface area contributed by atoms with E-state index in [2.05, 4.69) is 26.9 Å². The molecule has 2 aromatic heterocycles. The van der Waals surface area contributed by atoms with E-state index < -0.39 is 0 Å². The third-order valence-corrected chi connectivity index (χ3v) is 4.52. The zero-order chi connectivity index (χ0) is 17.6. The van der Waals surface area contributed by atoms with Crippen molar-refractivity contribution in [2.45, 2.75) is 6.42 Å². The fourth-order valence-corrected chi connectivity index (χ4v) is 2.76. The normalized spacial score (nSPS) is 15.2. The summed E-state index contributed by atoms with van der Waals surface area (Å²) in [6.45, 7) is 4.10. The van der Waals surface area contributed by atoms with Gasteiger partial charge in [0.05, 0.1) is 12.4 Å². The highest BCUT2D eigenvalue weighted by atomic mass is 16.2. The molecule has 1 saturated heterocycles. The van der Waals surface area contributed by atoms with E-state index >= 15 is 0 Å². The molecule has 0 aromatic carbocycles. The summed E-state index contributed by atoms with van der Waals surface area (Å²) in [5.74, 6) is 0.732. The number of hydrogen-bond acceptors (Lipinski definition) is 6. The first-order valence-corrected chi connectivity index (χ1v) is 8.53. The quantitative estimate of drug-likeness (QED) is 0.807. The third kappa shape index (κ3) is 4.51. The summed E-state index contributed by atoms with van der Waals surface area (Å²) in [5, 5.41) is 0. The van der Waals surface area contributed by atoms with E-state index in [0.29, 0.717) is 5.69 Å². The van der Waals surface area contributed by atoms with Crippen LogP contribution in [0, 0.1) is 0 Å². The van der Waals surface area contributed by atoms with Crippen LogP contribution in [0.4, 0.5) is 5.82 Å². The summed E-state index contributed by atoms with van der Waals surface area (Å²) in [5.41, 5.74) is 1.65. The number of carbonyl (C=O) groups excluding carboxylic acids is 1. The fraction of sp³-hybridized carbons (Fsp3) is 0.444. The maximum atomic E-state index is 12.5. The lowest BCUT2D eigenvalue weighted by Gasteiger charge is -2.32. The Balaban J connectivity index is 1.56. The molecule has 3 heterocycles. The Labute approximate surface area is 148 Å². The second kappa shape index (κ2) is 8.02. The van der Waals surface area contributed by atoms with Crippen LogP contribution in [0.25, 0.3) is 0 Å². The van der Waals surface area contributed by atoms with Gasteiger partial charge >= 0.3 is 0 Å². The minimum absolute atomic E-state index is 0.0356. The Morgan fingerprint density at radius 1 is 1.12 bits per heavy atom. The molecule has 0 atom stereocenters. The first-order valence-electron chi connectivity index (χ1n) is 8.53. The molecule has 0 saturated carbocycles. The standard InChI is InChI=1S/C18H24N6O/c1-22-9-11-24(12-10-22)18(25)16-13-21-17(14-20-16)23(2)8-5-15-3-6-19-7-4-15/h3-4,6-7,13-14H,5,8-12H2,1-2H3. The molecule has 1 amide bonds. The molecule has 2 aromatic rings. The Bertz CT molecular complexity index is 682. The predicted octanol–water partition coefficient (Wildman–Crippen LogP) is 0.938. The topological polar surface area (TPSA) is 65.5 Å². The summed E-state index contributed by atoms with van der Waals surface area (Å²) in [6, 6.07) is 4.02. The molecule has 132 valence electrons. The monoisotopic (exact) mass is 340 g/mol. The molecule has 0 spiro atoms. The Morgan fingerprint density at radius 3 is 2.48 bits per heavy atom. The van der Waals surface area contributed by atoms with Gasteiger partial charge in [0.1, 0.15) is 11.5 Å². The van der Waals surface area contributed by atoms with Gasteiger partial charge in [-0.2, -0.15) is 0 Å². The molecule has 1 aliphatic heterocycles. The van der Waals surface area contributed by atoms with E-state index in [1.807, 2.05) is 29.0 Å². The van der Waals surface area contributed by atoms with E-state index in [1.54, 1.807) is 24.8 Å². The van der Waals surface area contributed by atoms with E-state index in [1.165, 1.54) is 5.56 Å². The summed E-state index contributed by atoms with van der Waals surface area (Å²) in [6.07, 6.45) is 7.76. The van der Waals surface area contributed by atoms with Crippen LogP contribution in [0.2, 0.25) is 0 Å². The van der Waals surface area contributed by atoms with E-state index in [4.69, 9.17) is 0 Å². The molecular formula is C18H24N6O. The minimum Gasteiger partial charge on any atom is -0.358 e. The van der Waals surface area contributed by atoms with Crippen LogP contribution in [0.1, 0.15) is 16.1 Å². The Morgan fingerprint density at radius 2 is 1.84 bits per heavy atom. The molecular weight excluding hydrogens is 316 g/mol. The average Bonchev–Trinajstić information content (AvgIpc) is 2.67. The number of hydrogen-bond donors (Lipinski definition) is 0. The largest absolute Gasteiger partial charge is 0.358 e. The molecule has 25 heavy (non-hydrogen) atoms. The molecule has 0 unspecified atom stereocenters. The maximum absolute atomic E-state index is 12.5. The van der Waals surface area contributed by atoms with Gasteiger partial charge in [0.15, 0.2) is 0 Å². The molecule has 0 N–H and O–H groups in total. The van der Waals surface area contributed by atoms with Crippen LogP contribution in [0.3, 0.4) is 0 Å². The molecule has 1 aliphatic rings. The van der Waals surface area contributed by atoms with Gasteiger partial charge in [0.2, 0.25) is 0 Å². The van der Waals surface area contributed by atoms with E-state index in [9.17, 15) is 4.79 Å². The molecule has 1 fully saturated rings. The molecule has 0 bridgehead atoms. The second-order valence-corrected chi connectivity index (χ2v) is 6.38. The van der Waals surface area contributed by atoms with Crippen molar-refractivity contribution >= 4 is 11.7 Å². The molecule has 7 nitrogen and oxygen atoms in total. The van der Waals surface area contributed by atoms with Crippen LogP contribution in [-0.4, -0.2) is 77.5 Å². The fourth-order valence-electron chi connectivity index (χ4n) is 2.76. The summed E-state index contributed by atoms with van der Waals surface area (Å²) < 4.78 is 0. The van der Waals surface area contributed by atoms with Gasteiger partial charge in [0, 0.05) is 52.2 Å². The highest BCUT2D eigenvalue weighted by Crippen LogP contribution is 2.11. The van der Waals surface area contributed by atoms with Crippen LogP contribution in [-0.2, 0) is 6.42 Å².